The van der Waals surface area contributed by atoms with Gasteiger partial charge in [0.1, 0.15) is 5.75 Å². The zero-order chi connectivity index (χ0) is 13.1. The number of likely N-dealkylation sites (N-methyl/N-ethyl adjacent to an activating group) is 1. The number of carbonyl (C=O) groups excluding carboxylic acids is 1. The van der Waals surface area contributed by atoms with E-state index in [1.54, 1.807) is 30.1 Å². The lowest BCUT2D eigenvalue weighted by atomic mass is 10.0. The molecule has 0 fully saturated rings. The molecule has 1 aromatic rings. The molecule has 0 radical (unpaired) electrons. The Bertz CT molecular complexity index is 404. The number of phenols is 1. The molecule has 1 amide bonds. The lowest BCUT2D eigenvalue weighted by molar-refractivity contribution is -0.133. The standard InChI is InChI=1S/C13H18BrNO2/c1-13(2,9-14)15(3)12(17)8-10-5-4-6-11(16)7-10/h4-7,16H,8-9H2,1-3H3. The van der Waals surface area contributed by atoms with Gasteiger partial charge >= 0.3 is 0 Å². The zero-order valence-corrected chi connectivity index (χ0v) is 12.0. The molecule has 0 aliphatic rings. The molecular weight excluding hydrogens is 282 g/mol. The smallest absolute Gasteiger partial charge is 0.227 e. The van der Waals surface area contributed by atoms with Crippen molar-refractivity contribution >= 4 is 21.8 Å². The van der Waals surface area contributed by atoms with Crippen LogP contribution in [0.3, 0.4) is 0 Å². The monoisotopic (exact) mass is 299 g/mol. The van der Waals surface area contributed by atoms with Crippen LogP contribution >= 0.6 is 15.9 Å². The minimum atomic E-state index is -0.214. The van der Waals surface area contributed by atoms with Crippen LogP contribution in [0.2, 0.25) is 0 Å². The second-order valence-electron chi connectivity index (χ2n) is 4.75. The Labute approximate surface area is 111 Å². The molecule has 0 atom stereocenters. The molecular formula is C13H18BrNO2. The van der Waals surface area contributed by atoms with Gasteiger partial charge in [-0.05, 0) is 31.5 Å². The van der Waals surface area contributed by atoms with Crippen molar-refractivity contribution < 1.29 is 9.90 Å². The number of nitrogens with zero attached hydrogens (tertiary/aromatic N) is 1. The summed E-state index contributed by atoms with van der Waals surface area (Å²) in [6.07, 6.45) is 0.307. The van der Waals surface area contributed by atoms with Crippen LogP contribution in [0.4, 0.5) is 0 Å². The maximum Gasteiger partial charge on any atom is 0.227 e. The van der Waals surface area contributed by atoms with E-state index in [0.717, 1.165) is 10.9 Å². The Morgan fingerprint density at radius 1 is 1.47 bits per heavy atom. The quantitative estimate of drug-likeness (QED) is 0.868. The summed E-state index contributed by atoms with van der Waals surface area (Å²) < 4.78 is 0. The first-order valence-corrected chi connectivity index (χ1v) is 6.59. The SMILES string of the molecule is CN(C(=O)Cc1cccc(O)c1)C(C)(C)CBr. The third-order valence-electron chi connectivity index (χ3n) is 2.88. The Hall–Kier alpha value is -1.03. The number of halogens is 1. The number of hydrogen-bond acceptors (Lipinski definition) is 2. The number of aromatic hydroxyl groups is 1. The van der Waals surface area contributed by atoms with Crippen LogP contribution in [0.15, 0.2) is 24.3 Å². The molecule has 0 saturated carbocycles. The lowest BCUT2D eigenvalue weighted by Gasteiger charge is -2.34. The van der Waals surface area contributed by atoms with Crippen molar-refractivity contribution in [2.45, 2.75) is 25.8 Å². The zero-order valence-electron chi connectivity index (χ0n) is 10.4. The average molecular weight is 300 g/mol. The molecule has 4 heteroatoms. The van der Waals surface area contributed by atoms with Gasteiger partial charge in [0.2, 0.25) is 5.91 Å². The molecule has 3 nitrogen and oxygen atoms in total. The van der Waals surface area contributed by atoms with Crippen LogP contribution in [-0.2, 0) is 11.2 Å². The summed E-state index contributed by atoms with van der Waals surface area (Å²) in [6.45, 7) is 4.00. The van der Waals surface area contributed by atoms with Crippen molar-refractivity contribution in [2.75, 3.05) is 12.4 Å². The summed E-state index contributed by atoms with van der Waals surface area (Å²) in [5, 5.41) is 10.1. The highest BCUT2D eigenvalue weighted by molar-refractivity contribution is 9.09. The van der Waals surface area contributed by atoms with E-state index in [1.165, 1.54) is 0 Å². The normalized spacial score (nSPS) is 11.3. The van der Waals surface area contributed by atoms with Crippen molar-refractivity contribution in [2.24, 2.45) is 0 Å². The van der Waals surface area contributed by atoms with Gasteiger partial charge in [-0.2, -0.15) is 0 Å². The number of carbonyl (C=O) groups is 1. The highest BCUT2D eigenvalue weighted by Crippen LogP contribution is 2.18. The third-order valence-corrected chi connectivity index (χ3v) is 4.25. The fourth-order valence-corrected chi connectivity index (χ4v) is 1.76. The van der Waals surface area contributed by atoms with Crippen molar-refractivity contribution in [3.63, 3.8) is 0 Å². The van der Waals surface area contributed by atoms with Gasteiger partial charge in [0, 0.05) is 17.9 Å². The van der Waals surface area contributed by atoms with Crippen LogP contribution in [0, 0.1) is 0 Å². The number of rotatable bonds is 4. The average Bonchev–Trinajstić information content (AvgIpc) is 2.28. The van der Waals surface area contributed by atoms with E-state index < -0.39 is 0 Å². The van der Waals surface area contributed by atoms with Crippen molar-refractivity contribution in [3.8, 4) is 5.75 Å². The molecule has 1 N–H and O–H groups in total. The Balaban J connectivity index is 2.73. The number of alkyl halides is 1. The second kappa shape index (κ2) is 5.54. The van der Waals surface area contributed by atoms with Crippen LogP contribution in [-0.4, -0.2) is 33.8 Å². The van der Waals surface area contributed by atoms with Gasteiger partial charge in [0.05, 0.1) is 6.42 Å². The number of phenolic OH excluding ortho intramolecular Hbond substituents is 1. The van der Waals surface area contributed by atoms with E-state index in [-0.39, 0.29) is 17.2 Å². The molecule has 0 aliphatic carbocycles. The molecule has 0 aliphatic heterocycles. The largest absolute Gasteiger partial charge is 0.508 e. The summed E-state index contributed by atoms with van der Waals surface area (Å²) in [6, 6.07) is 6.80. The summed E-state index contributed by atoms with van der Waals surface area (Å²) in [7, 11) is 1.80. The molecule has 1 aromatic carbocycles. The van der Waals surface area contributed by atoms with Gasteiger partial charge in [-0.1, -0.05) is 28.1 Å². The van der Waals surface area contributed by atoms with Crippen LogP contribution in [0.1, 0.15) is 19.4 Å². The van der Waals surface area contributed by atoms with Crippen LogP contribution in [0.25, 0.3) is 0 Å². The van der Waals surface area contributed by atoms with Gasteiger partial charge in [0.25, 0.3) is 0 Å². The fraction of sp³-hybridized carbons (Fsp3) is 0.462. The Morgan fingerprint density at radius 2 is 2.12 bits per heavy atom. The summed E-state index contributed by atoms with van der Waals surface area (Å²) >= 11 is 3.40. The van der Waals surface area contributed by atoms with Crippen molar-refractivity contribution in [1.82, 2.24) is 4.90 Å². The minimum absolute atomic E-state index is 0.0417. The van der Waals surface area contributed by atoms with Crippen LogP contribution in [0.5, 0.6) is 5.75 Å². The molecule has 0 aromatic heterocycles. The van der Waals surface area contributed by atoms with Gasteiger partial charge in [0.15, 0.2) is 0 Å². The number of benzene rings is 1. The van der Waals surface area contributed by atoms with Crippen LogP contribution < -0.4 is 0 Å². The third kappa shape index (κ3) is 3.73. The first-order valence-electron chi connectivity index (χ1n) is 5.47. The highest BCUT2D eigenvalue weighted by atomic mass is 79.9. The number of amides is 1. The predicted octanol–water partition coefficient (Wildman–Crippen LogP) is 2.57. The molecule has 0 bridgehead atoms. The fourth-order valence-electron chi connectivity index (χ4n) is 1.39. The molecule has 0 unspecified atom stereocenters. The highest BCUT2D eigenvalue weighted by Gasteiger charge is 2.26. The van der Waals surface area contributed by atoms with Crippen molar-refractivity contribution in [3.05, 3.63) is 29.8 Å². The lowest BCUT2D eigenvalue weighted by Crippen LogP contribution is -2.46. The molecule has 1 rings (SSSR count). The van der Waals surface area contributed by atoms with Gasteiger partial charge in [-0.25, -0.2) is 0 Å². The van der Waals surface area contributed by atoms with E-state index in [2.05, 4.69) is 15.9 Å². The van der Waals surface area contributed by atoms with E-state index in [1.807, 2.05) is 19.9 Å². The van der Waals surface area contributed by atoms with E-state index in [4.69, 9.17) is 0 Å². The van der Waals surface area contributed by atoms with Gasteiger partial charge < -0.3 is 10.0 Å². The first kappa shape index (κ1) is 14.0. The Morgan fingerprint density at radius 3 is 2.65 bits per heavy atom. The molecule has 94 valence electrons. The maximum atomic E-state index is 12.1. The van der Waals surface area contributed by atoms with Crippen molar-refractivity contribution in [1.29, 1.82) is 0 Å². The van der Waals surface area contributed by atoms with E-state index in [9.17, 15) is 9.90 Å². The van der Waals surface area contributed by atoms with E-state index >= 15 is 0 Å². The maximum absolute atomic E-state index is 12.1. The van der Waals surface area contributed by atoms with Gasteiger partial charge in [-0.15, -0.1) is 0 Å². The summed E-state index contributed by atoms with van der Waals surface area (Å²) in [5.41, 5.74) is 0.612. The summed E-state index contributed by atoms with van der Waals surface area (Å²) in [4.78, 5) is 13.8. The number of hydrogen-bond donors (Lipinski definition) is 1. The molecule has 0 saturated heterocycles. The van der Waals surface area contributed by atoms with Gasteiger partial charge in [-0.3, -0.25) is 4.79 Å². The topological polar surface area (TPSA) is 40.5 Å². The summed E-state index contributed by atoms with van der Waals surface area (Å²) in [5.74, 6) is 0.234. The van der Waals surface area contributed by atoms with E-state index in [0.29, 0.717) is 6.42 Å². The minimum Gasteiger partial charge on any atom is -0.508 e. The molecule has 0 spiro atoms. The molecule has 17 heavy (non-hydrogen) atoms. The Kier molecular flexibility index (Phi) is 4.57. The molecule has 0 heterocycles. The second-order valence-corrected chi connectivity index (χ2v) is 5.31. The first-order chi connectivity index (χ1) is 7.86. The predicted molar refractivity (Wildman–Crippen MR) is 72.5 cm³/mol.